The van der Waals surface area contributed by atoms with Crippen molar-refractivity contribution in [2.45, 2.75) is 31.8 Å². The van der Waals surface area contributed by atoms with E-state index in [0.29, 0.717) is 0 Å². The summed E-state index contributed by atoms with van der Waals surface area (Å²) in [6.45, 7) is 8.07. The van der Waals surface area contributed by atoms with Gasteiger partial charge < -0.3 is 4.90 Å². The van der Waals surface area contributed by atoms with Crippen molar-refractivity contribution in [3.05, 3.63) is 48.0 Å². The normalized spacial score (nSPS) is 22.8. The van der Waals surface area contributed by atoms with E-state index in [2.05, 4.69) is 23.6 Å². The van der Waals surface area contributed by atoms with E-state index >= 15 is 0 Å². The van der Waals surface area contributed by atoms with Gasteiger partial charge in [-0.3, -0.25) is 9.69 Å². The average molecular weight is 330 g/mol. The molecular weight excluding hydrogens is 304 g/mol. The molecular formula is C19H26N2OS. The van der Waals surface area contributed by atoms with Gasteiger partial charge in [-0.25, -0.2) is 0 Å². The maximum Gasteiger partial charge on any atom is 0.254 e. The number of thioether (sulfide) groups is 1. The molecule has 1 atom stereocenters. The van der Waals surface area contributed by atoms with Crippen LogP contribution < -0.4 is 0 Å². The summed E-state index contributed by atoms with van der Waals surface area (Å²) in [4.78, 5) is 17.2. The molecule has 124 valence electrons. The average Bonchev–Trinajstić information content (AvgIpc) is 2.62. The van der Waals surface area contributed by atoms with E-state index in [1.165, 1.54) is 36.6 Å². The Labute approximate surface area is 143 Å². The summed E-state index contributed by atoms with van der Waals surface area (Å²) in [5, 5.41) is 0. The van der Waals surface area contributed by atoms with Gasteiger partial charge in [-0.15, -0.1) is 6.58 Å². The number of piperidine rings is 1. The third-order valence-electron chi connectivity index (χ3n) is 4.79. The molecule has 0 aliphatic carbocycles. The number of amides is 1. The van der Waals surface area contributed by atoms with Crippen LogP contribution in [0.5, 0.6) is 0 Å². The van der Waals surface area contributed by atoms with Gasteiger partial charge in [0.25, 0.3) is 5.91 Å². The third kappa shape index (κ3) is 4.18. The predicted molar refractivity (Wildman–Crippen MR) is 97.9 cm³/mol. The molecule has 1 amide bonds. The van der Waals surface area contributed by atoms with Crippen molar-refractivity contribution in [1.29, 1.82) is 0 Å². The monoisotopic (exact) mass is 330 g/mol. The van der Waals surface area contributed by atoms with Gasteiger partial charge in [-0.05, 0) is 37.0 Å². The van der Waals surface area contributed by atoms with Crippen LogP contribution in [0.15, 0.2) is 36.9 Å². The summed E-state index contributed by atoms with van der Waals surface area (Å²) in [5.41, 5.74) is 2.10. The van der Waals surface area contributed by atoms with E-state index in [1.54, 1.807) is 0 Å². The van der Waals surface area contributed by atoms with E-state index < -0.39 is 0 Å². The molecule has 2 fully saturated rings. The lowest BCUT2D eigenvalue weighted by Gasteiger charge is -2.34. The van der Waals surface area contributed by atoms with Gasteiger partial charge in [0, 0.05) is 43.2 Å². The van der Waals surface area contributed by atoms with Gasteiger partial charge in [0.2, 0.25) is 0 Å². The van der Waals surface area contributed by atoms with Crippen molar-refractivity contribution >= 4 is 17.7 Å². The van der Waals surface area contributed by atoms with Crippen molar-refractivity contribution < 1.29 is 4.79 Å². The van der Waals surface area contributed by atoms with Crippen LogP contribution in [0, 0.1) is 0 Å². The molecule has 0 aromatic heterocycles. The van der Waals surface area contributed by atoms with Gasteiger partial charge in [0.1, 0.15) is 0 Å². The van der Waals surface area contributed by atoms with Crippen LogP contribution in [0.4, 0.5) is 0 Å². The maximum atomic E-state index is 12.7. The van der Waals surface area contributed by atoms with Crippen molar-refractivity contribution in [2.75, 3.05) is 31.1 Å². The Balaban J connectivity index is 1.63. The summed E-state index contributed by atoms with van der Waals surface area (Å²) >= 11 is 2.03. The molecule has 0 N–H and O–H groups in total. The zero-order valence-electron chi connectivity index (χ0n) is 13.7. The summed E-state index contributed by atoms with van der Waals surface area (Å²) in [6.07, 6.45) is 5.24. The van der Waals surface area contributed by atoms with E-state index in [0.717, 1.165) is 31.5 Å². The minimum atomic E-state index is 0.149. The van der Waals surface area contributed by atoms with Gasteiger partial charge in [0.15, 0.2) is 0 Å². The van der Waals surface area contributed by atoms with Crippen LogP contribution in [0.25, 0.3) is 0 Å². The molecule has 1 unspecified atom stereocenters. The first kappa shape index (κ1) is 16.6. The van der Waals surface area contributed by atoms with Crippen LogP contribution >= 0.6 is 11.8 Å². The molecule has 0 saturated carbocycles. The Hall–Kier alpha value is -1.26. The molecule has 3 rings (SSSR count). The molecule has 2 saturated heterocycles. The SMILES string of the molecule is C=CC1CCCCN1C(=O)c1ccc(CN2CCSCC2)cc1. The number of nitrogens with zero attached hydrogens (tertiary/aromatic N) is 2. The number of hydrogen-bond donors (Lipinski definition) is 0. The fraction of sp³-hybridized carbons (Fsp3) is 0.526. The molecule has 23 heavy (non-hydrogen) atoms. The van der Waals surface area contributed by atoms with Gasteiger partial charge in [-0.1, -0.05) is 18.2 Å². The second-order valence-electron chi connectivity index (χ2n) is 6.38. The summed E-state index contributed by atoms with van der Waals surface area (Å²) in [5.74, 6) is 2.61. The highest BCUT2D eigenvalue weighted by atomic mass is 32.2. The number of carbonyl (C=O) groups is 1. The van der Waals surface area contributed by atoms with Crippen LogP contribution in [0.1, 0.15) is 35.2 Å². The van der Waals surface area contributed by atoms with Gasteiger partial charge >= 0.3 is 0 Å². The molecule has 3 nitrogen and oxygen atoms in total. The van der Waals surface area contributed by atoms with Gasteiger partial charge in [0.05, 0.1) is 6.04 Å². The van der Waals surface area contributed by atoms with Gasteiger partial charge in [-0.2, -0.15) is 11.8 Å². The fourth-order valence-electron chi connectivity index (χ4n) is 3.39. The largest absolute Gasteiger partial charge is 0.332 e. The number of hydrogen-bond acceptors (Lipinski definition) is 3. The first-order chi connectivity index (χ1) is 11.3. The molecule has 4 heteroatoms. The molecule has 0 radical (unpaired) electrons. The molecule has 1 aromatic carbocycles. The zero-order chi connectivity index (χ0) is 16.1. The zero-order valence-corrected chi connectivity index (χ0v) is 14.6. The third-order valence-corrected chi connectivity index (χ3v) is 5.74. The number of rotatable bonds is 4. The van der Waals surface area contributed by atoms with Crippen molar-refractivity contribution in [3.63, 3.8) is 0 Å². The lowest BCUT2D eigenvalue weighted by molar-refractivity contribution is 0.0664. The van der Waals surface area contributed by atoms with E-state index in [1.807, 2.05) is 34.9 Å². The molecule has 0 bridgehead atoms. The number of likely N-dealkylation sites (tertiary alicyclic amines) is 1. The van der Waals surface area contributed by atoms with Crippen molar-refractivity contribution in [2.24, 2.45) is 0 Å². The first-order valence-electron chi connectivity index (χ1n) is 8.60. The molecule has 0 spiro atoms. The second kappa shape index (κ2) is 8.02. The fourth-order valence-corrected chi connectivity index (χ4v) is 4.37. The smallest absolute Gasteiger partial charge is 0.254 e. The molecule has 1 aromatic rings. The Morgan fingerprint density at radius 1 is 1.17 bits per heavy atom. The van der Waals surface area contributed by atoms with E-state index in [-0.39, 0.29) is 11.9 Å². The lowest BCUT2D eigenvalue weighted by Crippen LogP contribution is -2.42. The Morgan fingerprint density at radius 2 is 1.91 bits per heavy atom. The highest BCUT2D eigenvalue weighted by Gasteiger charge is 2.25. The minimum absolute atomic E-state index is 0.149. The van der Waals surface area contributed by atoms with E-state index in [4.69, 9.17) is 0 Å². The van der Waals surface area contributed by atoms with Crippen LogP contribution in [-0.2, 0) is 6.54 Å². The highest BCUT2D eigenvalue weighted by molar-refractivity contribution is 7.99. The molecule has 2 heterocycles. The quantitative estimate of drug-likeness (QED) is 0.791. The Bertz CT molecular complexity index is 537. The predicted octanol–water partition coefficient (Wildman–Crippen LogP) is 3.42. The summed E-state index contributed by atoms with van der Waals surface area (Å²) in [6, 6.07) is 8.40. The standard InChI is InChI=1S/C19H26N2OS/c1-2-18-5-3-4-10-21(18)19(22)17-8-6-16(7-9-17)15-20-11-13-23-14-12-20/h2,6-9,18H,1,3-5,10-15H2. The molecule has 2 aliphatic rings. The minimum Gasteiger partial charge on any atom is -0.332 e. The van der Waals surface area contributed by atoms with Crippen molar-refractivity contribution in [1.82, 2.24) is 9.80 Å². The van der Waals surface area contributed by atoms with Crippen LogP contribution in [0.2, 0.25) is 0 Å². The summed E-state index contributed by atoms with van der Waals surface area (Å²) in [7, 11) is 0. The second-order valence-corrected chi connectivity index (χ2v) is 7.61. The van der Waals surface area contributed by atoms with Crippen molar-refractivity contribution in [3.8, 4) is 0 Å². The maximum absolute atomic E-state index is 12.7. The number of benzene rings is 1. The topological polar surface area (TPSA) is 23.6 Å². The Morgan fingerprint density at radius 3 is 2.61 bits per heavy atom. The van der Waals surface area contributed by atoms with Crippen LogP contribution in [0.3, 0.4) is 0 Å². The number of carbonyl (C=O) groups excluding carboxylic acids is 1. The summed E-state index contributed by atoms with van der Waals surface area (Å²) < 4.78 is 0. The van der Waals surface area contributed by atoms with Crippen LogP contribution in [-0.4, -0.2) is 52.9 Å². The first-order valence-corrected chi connectivity index (χ1v) is 9.76. The Kier molecular flexibility index (Phi) is 5.79. The molecule has 2 aliphatic heterocycles. The van der Waals surface area contributed by atoms with E-state index in [9.17, 15) is 4.79 Å². The lowest BCUT2D eigenvalue weighted by atomic mass is 10.0. The highest BCUT2D eigenvalue weighted by Crippen LogP contribution is 2.21.